The fourth-order valence-electron chi connectivity index (χ4n) is 1.57. The normalized spacial score (nSPS) is 11.3. The highest BCUT2D eigenvalue weighted by atomic mass is 16.2. The van der Waals surface area contributed by atoms with Gasteiger partial charge in [-0.2, -0.15) is 0 Å². The Hall–Kier alpha value is -1.69. The average molecular weight is 251 g/mol. The zero-order valence-electron chi connectivity index (χ0n) is 11.3. The molecular weight excluding hydrogens is 230 g/mol. The summed E-state index contributed by atoms with van der Waals surface area (Å²) in [7, 11) is 0. The Morgan fingerprint density at radius 2 is 2.28 bits per heavy atom. The number of carbonyl (C=O) groups is 1. The maximum absolute atomic E-state index is 12.3. The monoisotopic (exact) mass is 251 g/mol. The quantitative estimate of drug-likeness (QED) is 0.780. The van der Waals surface area contributed by atoms with Crippen molar-refractivity contribution in [2.45, 2.75) is 32.9 Å². The molecule has 0 unspecified atom stereocenters. The Morgan fingerprint density at radius 1 is 1.61 bits per heavy atom. The SMILES string of the molecule is C=CCN(C(=O)c1cn(CCN)nn1)C(C)(C)C. The third-order valence-electron chi connectivity index (χ3n) is 2.48. The van der Waals surface area contributed by atoms with E-state index in [-0.39, 0.29) is 11.4 Å². The summed E-state index contributed by atoms with van der Waals surface area (Å²) in [6.07, 6.45) is 3.32. The zero-order valence-corrected chi connectivity index (χ0v) is 11.3. The first-order chi connectivity index (χ1) is 8.40. The first kappa shape index (κ1) is 14.4. The van der Waals surface area contributed by atoms with Crippen LogP contribution in [0, 0.1) is 0 Å². The molecule has 6 nitrogen and oxygen atoms in total. The summed E-state index contributed by atoms with van der Waals surface area (Å²) in [5.41, 5.74) is 5.47. The first-order valence-corrected chi connectivity index (χ1v) is 5.93. The number of hydrogen-bond donors (Lipinski definition) is 1. The van der Waals surface area contributed by atoms with Crippen LogP contribution in [0.2, 0.25) is 0 Å². The summed E-state index contributed by atoms with van der Waals surface area (Å²) in [4.78, 5) is 14.0. The van der Waals surface area contributed by atoms with Gasteiger partial charge in [0.15, 0.2) is 5.69 Å². The van der Waals surface area contributed by atoms with E-state index >= 15 is 0 Å². The van der Waals surface area contributed by atoms with Gasteiger partial charge in [0.2, 0.25) is 0 Å². The molecule has 1 aromatic rings. The molecule has 0 aromatic carbocycles. The van der Waals surface area contributed by atoms with E-state index in [1.807, 2.05) is 20.8 Å². The second-order valence-electron chi connectivity index (χ2n) is 5.03. The second kappa shape index (κ2) is 5.77. The Bertz CT molecular complexity index is 418. The van der Waals surface area contributed by atoms with Crippen molar-refractivity contribution in [3.8, 4) is 0 Å². The molecule has 0 saturated heterocycles. The molecule has 0 aliphatic rings. The van der Waals surface area contributed by atoms with Crippen LogP contribution < -0.4 is 5.73 Å². The molecule has 100 valence electrons. The van der Waals surface area contributed by atoms with Crippen molar-refractivity contribution in [3.63, 3.8) is 0 Å². The van der Waals surface area contributed by atoms with Crippen LogP contribution >= 0.6 is 0 Å². The van der Waals surface area contributed by atoms with Crippen LogP contribution in [0.5, 0.6) is 0 Å². The van der Waals surface area contributed by atoms with Crippen molar-refractivity contribution in [1.82, 2.24) is 19.9 Å². The molecule has 0 bridgehead atoms. The van der Waals surface area contributed by atoms with Gasteiger partial charge in [-0.05, 0) is 20.8 Å². The van der Waals surface area contributed by atoms with Crippen molar-refractivity contribution in [2.75, 3.05) is 13.1 Å². The Balaban J connectivity index is 2.91. The summed E-state index contributed by atoms with van der Waals surface area (Å²) < 4.78 is 1.57. The average Bonchev–Trinajstić information content (AvgIpc) is 2.72. The van der Waals surface area contributed by atoms with Gasteiger partial charge in [-0.1, -0.05) is 11.3 Å². The minimum Gasteiger partial charge on any atom is -0.329 e. The Labute approximate surface area is 107 Å². The van der Waals surface area contributed by atoms with Gasteiger partial charge in [0.25, 0.3) is 5.91 Å². The van der Waals surface area contributed by atoms with E-state index < -0.39 is 0 Å². The molecule has 6 heteroatoms. The molecule has 0 fully saturated rings. The number of rotatable bonds is 5. The van der Waals surface area contributed by atoms with Gasteiger partial charge in [-0.3, -0.25) is 9.48 Å². The summed E-state index contributed by atoms with van der Waals surface area (Å²) >= 11 is 0. The van der Waals surface area contributed by atoms with Crippen LogP contribution in [0.1, 0.15) is 31.3 Å². The number of aromatic nitrogens is 3. The van der Waals surface area contributed by atoms with Gasteiger partial charge >= 0.3 is 0 Å². The largest absolute Gasteiger partial charge is 0.329 e. The molecular formula is C12H21N5O. The number of amides is 1. The van der Waals surface area contributed by atoms with Crippen molar-refractivity contribution in [2.24, 2.45) is 5.73 Å². The molecule has 1 amide bonds. The lowest BCUT2D eigenvalue weighted by atomic mass is 10.1. The van der Waals surface area contributed by atoms with E-state index in [1.54, 1.807) is 21.9 Å². The molecule has 1 heterocycles. The number of hydrogen-bond acceptors (Lipinski definition) is 4. The zero-order chi connectivity index (χ0) is 13.8. The Morgan fingerprint density at radius 3 is 2.78 bits per heavy atom. The lowest BCUT2D eigenvalue weighted by molar-refractivity contribution is 0.0610. The fourth-order valence-corrected chi connectivity index (χ4v) is 1.57. The van der Waals surface area contributed by atoms with Gasteiger partial charge in [0.05, 0.1) is 12.7 Å². The van der Waals surface area contributed by atoms with E-state index in [0.717, 1.165) is 0 Å². The van der Waals surface area contributed by atoms with Crippen LogP contribution in [0.25, 0.3) is 0 Å². The standard InChI is InChI=1S/C12H21N5O/c1-5-7-17(12(2,3)4)11(18)10-9-16(8-6-13)15-14-10/h5,9H,1,6-8,13H2,2-4H3. The number of carbonyl (C=O) groups excluding carboxylic acids is 1. The molecule has 1 aromatic heterocycles. The van der Waals surface area contributed by atoms with E-state index in [0.29, 0.717) is 25.3 Å². The minimum absolute atomic E-state index is 0.148. The molecule has 18 heavy (non-hydrogen) atoms. The van der Waals surface area contributed by atoms with Crippen LogP contribution in [0.15, 0.2) is 18.9 Å². The van der Waals surface area contributed by atoms with Crippen LogP contribution in [0.4, 0.5) is 0 Å². The minimum atomic E-state index is -0.289. The van der Waals surface area contributed by atoms with Crippen LogP contribution in [-0.4, -0.2) is 44.4 Å². The lowest BCUT2D eigenvalue weighted by Crippen LogP contribution is -2.45. The molecule has 0 saturated carbocycles. The number of nitrogens with zero attached hydrogens (tertiary/aromatic N) is 4. The summed E-state index contributed by atoms with van der Waals surface area (Å²) in [6, 6.07) is 0. The first-order valence-electron chi connectivity index (χ1n) is 5.93. The third kappa shape index (κ3) is 3.40. The van der Waals surface area contributed by atoms with Gasteiger partial charge in [0, 0.05) is 18.6 Å². The predicted molar refractivity (Wildman–Crippen MR) is 70.1 cm³/mol. The van der Waals surface area contributed by atoms with E-state index in [4.69, 9.17) is 5.73 Å². The highest BCUT2D eigenvalue weighted by Gasteiger charge is 2.27. The van der Waals surface area contributed by atoms with Crippen LogP contribution in [-0.2, 0) is 6.54 Å². The highest BCUT2D eigenvalue weighted by Crippen LogP contribution is 2.16. The van der Waals surface area contributed by atoms with Crippen LogP contribution in [0.3, 0.4) is 0 Å². The lowest BCUT2D eigenvalue weighted by Gasteiger charge is -2.34. The molecule has 0 spiro atoms. The second-order valence-corrected chi connectivity index (χ2v) is 5.03. The maximum Gasteiger partial charge on any atom is 0.276 e. The third-order valence-corrected chi connectivity index (χ3v) is 2.48. The van der Waals surface area contributed by atoms with E-state index in [1.165, 1.54) is 0 Å². The smallest absolute Gasteiger partial charge is 0.276 e. The Kier molecular flexibility index (Phi) is 4.61. The van der Waals surface area contributed by atoms with Crippen molar-refractivity contribution >= 4 is 5.91 Å². The molecule has 2 N–H and O–H groups in total. The summed E-state index contributed by atoms with van der Waals surface area (Å²) in [5.74, 6) is -0.148. The van der Waals surface area contributed by atoms with Crippen molar-refractivity contribution < 1.29 is 4.79 Å². The van der Waals surface area contributed by atoms with Crippen molar-refractivity contribution in [1.29, 1.82) is 0 Å². The van der Waals surface area contributed by atoms with Gasteiger partial charge in [-0.15, -0.1) is 11.7 Å². The topological polar surface area (TPSA) is 77.0 Å². The van der Waals surface area contributed by atoms with E-state index in [9.17, 15) is 4.79 Å². The summed E-state index contributed by atoms with van der Waals surface area (Å²) in [5, 5.41) is 7.75. The molecule has 0 atom stereocenters. The van der Waals surface area contributed by atoms with E-state index in [2.05, 4.69) is 16.9 Å². The predicted octanol–water partition coefficient (Wildman–Crippen LogP) is 0.663. The van der Waals surface area contributed by atoms with Gasteiger partial charge in [0.1, 0.15) is 0 Å². The molecule has 1 rings (SSSR count). The molecule has 0 radical (unpaired) electrons. The van der Waals surface area contributed by atoms with Gasteiger partial charge in [-0.25, -0.2) is 0 Å². The molecule has 0 aliphatic carbocycles. The summed E-state index contributed by atoms with van der Waals surface area (Å²) in [6.45, 7) is 11.1. The van der Waals surface area contributed by atoms with Gasteiger partial charge < -0.3 is 10.6 Å². The molecule has 0 aliphatic heterocycles. The number of nitrogens with two attached hydrogens (primary N) is 1. The maximum atomic E-state index is 12.3. The fraction of sp³-hybridized carbons (Fsp3) is 0.583. The van der Waals surface area contributed by atoms with Crippen molar-refractivity contribution in [3.05, 3.63) is 24.5 Å². The highest BCUT2D eigenvalue weighted by molar-refractivity contribution is 5.92.